The number of pyridine rings is 1. The zero-order valence-electron chi connectivity index (χ0n) is 7.32. The Bertz CT molecular complexity index is 438. The van der Waals surface area contributed by atoms with E-state index in [0.29, 0.717) is 0 Å². The van der Waals surface area contributed by atoms with Crippen molar-refractivity contribution in [3.05, 3.63) is 23.5 Å². The van der Waals surface area contributed by atoms with Crippen LogP contribution in [0.25, 0.3) is 0 Å². The second-order valence-electron chi connectivity index (χ2n) is 2.56. The third kappa shape index (κ3) is 3.69. The lowest BCUT2D eigenvalue weighted by atomic mass is 10.5. The number of sulfonamides is 1. The molecule has 0 aliphatic carbocycles. The van der Waals surface area contributed by atoms with Gasteiger partial charge in [-0.2, -0.15) is 0 Å². The number of hydrogen-bond acceptors (Lipinski definition) is 3. The van der Waals surface area contributed by atoms with Crippen LogP contribution in [-0.2, 0) is 10.0 Å². The zero-order chi connectivity index (χ0) is 11.5. The first-order valence-corrected chi connectivity index (χ1v) is 5.67. The summed E-state index contributed by atoms with van der Waals surface area (Å²) >= 11 is 5.46. The van der Waals surface area contributed by atoms with E-state index in [9.17, 15) is 17.2 Å². The Kier molecular flexibility index (Phi) is 3.95. The van der Waals surface area contributed by atoms with Crippen LogP contribution < -0.4 is 4.72 Å². The van der Waals surface area contributed by atoms with E-state index in [4.69, 9.17) is 11.6 Å². The topological polar surface area (TPSA) is 59.1 Å². The molecule has 1 heterocycles. The molecule has 0 amide bonds. The van der Waals surface area contributed by atoms with Gasteiger partial charge in [0, 0.05) is 6.20 Å². The molecule has 1 aromatic rings. The number of nitrogens with zero attached hydrogens (tertiary/aromatic N) is 1. The van der Waals surface area contributed by atoms with Crippen molar-refractivity contribution >= 4 is 21.6 Å². The molecule has 0 spiro atoms. The fraction of sp³-hybridized carbons (Fsp3) is 0.286. The Morgan fingerprint density at radius 2 is 2.20 bits per heavy atom. The summed E-state index contributed by atoms with van der Waals surface area (Å²) in [7, 11) is -3.93. The average Bonchev–Trinajstić information content (AvgIpc) is 2.15. The predicted molar refractivity (Wildman–Crippen MR) is 50.4 cm³/mol. The van der Waals surface area contributed by atoms with Gasteiger partial charge in [-0.3, -0.25) is 0 Å². The lowest BCUT2D eigenvalue weighted by Crippen LogP contribution is -2.28. The van der Waals surface area contributed by atoms with Crippen LogP contribution in [0.15, 0.2) is 23.2 Å². The van der Waals surface area contributed by atoms with Gasteiger partial charge in [0.05, 0.1) is 11.4 Å². The molecule has 1 rings (SSSR count). The molecule has 0 aliphatic rings. The van der Waals surface area contributed by atoms with Gasteiger partial charge in [-0.1, -0.05) is 11.6 Å². The molecular formula is C7H7ClF2N2O2S. The van der Waals surface area contributed by atoms with Gasteiger partial charge in [0.25, 0.3) is 6.43 Å². The highest BCUT2D eigenvalue weighted by Gasteiger charge is 2.16. The first kappa shape index (κ1) is 12.3. The Morgan fingerprint density at radius 3 is 2.73 bits per heavy atom. The molecule has 84 valence electrons. The van der Waals surface area contributed by atoms with E-state index in [-0.39, 0.29) is 10.0 Å². The van der Waals surface area contributed by atoms with Crippen molar-refractivity contribution in [3.8, 4) is 0 Å². The van der Waals surface area contributed by atoms with Crippen molar-refractivity contribution in [2.24, 2.45) is 0 Å². The Hall–Kier alpha value is -0.790. The molecule has 0 radical (unpaired) electrons. The second kappa shape index (κ2) is 4.82. The van der Waals surface area contributed by atoms with E-state index in [1.807, 2.05) is 0 Å². The first-order valence-electron chi connectivity index (χ1n) is 3.81. The highest BCUT2D eigenvalue weighted by atomic mass is 35.5. The number of halogens is 3. The summed E-state index contributed by atoms with van der Waals surface area (Å²) in [5, 5.41) is -0.0186. The fourth-order valence-corrected chi connectivity index (χ4v) is 2.07. The standard InChI is InChI=1S/C7H7ClF2N2O2S/c8-6-3-5(1-2-11-6)15(13,14)12-4-7(9)10/h1-3,7,12H,4H2. The van der Waals surface area contributed by atoms with Crippen molar-refractivity contribution < 1.29 is 17.2 Å². The maximum absolute atomic E-state index is 11.8. The second-order valence-corrected chi connectivity index (χ2v) is 4.71. The normalized spacial score (nSPS) is 12.0. The maximum Gasteiger partial charge on any atom is 0.251 e. The number of nitrogens with one attached hydrogen (secondary N) is 1. The number of rotatable bonds is 4. The van der Waals surface area contributed by atoms with Crippen LogP contribution in [0.4, 0.5) is 8.78 Å². The first-order chi connectivity index (χ1) is 6.92. The van der Waals surface area contributed by atoms with Crippen LogP contribution in [0.5, 0.6) is 0 Å². The third-order valence-corrected chi connectivity index (χ3v) is 3.06. The molecular weight excluding hydrogens is 250 g/mol. The minimum absolute atomic E-state index is 0.0186. The van der Waals surface area contributed by atoms with E-state index >= 15 is 0 Å². The van der Waals surface area contributed by atoms with Crippen molar-refractivity contribution in [1.82, 2.24) is 9.71 Å². The van der Waals surface area contributed by atoms with Crippen LogP contribution in [-0.4, -0.2) is 26.4 Å². The summed E-state index contributed by atoms with van der Waals surface area (Å²) in [6.07, 6.45) is -1.56. The maximum atomic E-state index is 11.8. The lowest BCUT2D eigenvalue weighted by Gasteiger charge is -2.05. The van der Waals surface area contributed by atoms with Gasteiger partial charge < -0.3 is 0 Å². The molecule has 0 aliphatic heterocycles. The third-order valence-electron chi connectivity index (χ3n) is 1.44. The van der Waals surface area contributed by atoms with E-state index in [1.165, 1.54) is 12.3 Å². The van der Waals surface area contributed by atoms with Crippen molar-refractivity contribution in [3.63, 3.8) is 0 Å². The van der Waals surface area contributed by atoms with Crippen molar-refractivity contribution in [1.29, 1.82) is 0 Å². The quantitative estimate of drug-likeness (QED) is 0.826. The largest absolute Gasteiger partial charge is 0.251 e. The SMILES string of the molecule is O=S(=O)(NCC(F)F)c1ccnc(Cl)c1. The van der Waals surface area contributed by atoms with Gasteiger partial charge in [-0.05, 0) is 12.1 Å². The van der Waals surface area contributed by atoms with Crippen LogP contribution in [0.2, 0.25) is 5.15 Å². The Balaban J connectivity index is 2.87. The summed E-state index contributed by atoms with van der Waals surface area (Å²) in [5.74, 6) is 0. The van der Waals surface area contributed by atoms with Crippen molar-refractivity contribution in [2.75, 3.05) is 6.54 Å². The number of aromatic nitrogens is 1. The molecule has 0 fully saturated rings. The molecule has 1 N–H and O–H groups in total. The van der Waals surface area contributed by atoms with Crippen LogP contribution in [0.1, 0.15) is 0 Å². The molecule has 0 aromatic carbocycles. The molecule has 15 heavy (non-hydrogen) atoms. The smallest absolute Gasteiger partial charge is 0.244 e. The van der Waals surface area contributed by atoms with E-state index in [2.05, 4.69) is 4.98 Å². The number of hydrogen-bond donors (Lipinski definition) is 1. The van der Waals surface area contributed by atoms with Gasteiger partial charge >= 0.3 is 0 Å². The summed E-state index contributed by atoms with van der Waals surface area (Å²) in [4.78, 5) is 3.38. The van der Waals surface area contributed by atoms with Gasteiger partial charge in [0.2, 0.25) is 10.0 Å². The molecule has 4 nitrogen and oxygen atoms in total. The lowest BCUT2D eigenvalue weighted by molar-refractivity contribution is 0.153. The summed E-state index contributed by atoms with van der Waals surface area (Å²) in [6, 6.07) is 2.25. The summed E-state index contributed by atoms with van der Waals surface area (Å²) in [5.41, 5.74) is 0. The van der Waals surface area contributed by atoms with Gasteiger partial charge in [0.1, 0.15) is 5.15 Å². The van der Waals surface area contributed by atoms with Crippen LogP contribution in [0.3, 0.4) is 0 Å². The van der Waals surface area contributed by atoms with Gasteiger partial charge in [-0.15, -0.1) is 0 Å². The highest BCUT2D eigenvalue weighted by molar-refractivity contribution is 7.89. The fourth-order valence-electron chi connectivity index (χ4n) is 0.808. The van der Waals surface area contributed by atoms with Crippen LogP contribution >= 0.6 is 11.6 Å². The molecule has 0 saturated carbocycles. The van der Waals surface area contributed by atoms with Crippen molar-refractivity contribution in [2.45, 2.75) is 11.3 Å². The molecule has 1 aromatic heterocycles. The number of alkyl halides is 2. The molecule has 0 unspecified atom stereocenters. The average molecular weight is 257 g/mol. The monoisotopic (exact) mass is 256 g/mol. The van der Waals surface area contributed by atoms with Gasteiger partial charge in [-0.25, -0.2) is 26.9 Å². The molecule has 0 bridgehead atoms. The van der Waals surface area contributed by atoms with Crippen LogP contribution in [0, 0.1) is 0 Å². The predicted octanol–water partition coefficient (Wildman–Crippen LogP) is 1.28. The zero-order valence-corrected chi connectivity index (χ0v) is 8.89. The van der Waals surface area contributed by atoms with E-state index in [0.717, 1.165) is 6.07 Å². The van der Waals surface area contributed by atoms with E-state index < -0.39 is 23.0 Å². The summed E-state index contributed by atoms with van der Waals surface area (Å²) in [6.45, 7) is -0.928. The minimum Gasteiger partial charge on any atom is -0.244 e. The van der Waals surface area contributed by atoms with Gasteiger partial charge in [0.15, 0.2) is 0 Å². The minimum atomic E-state index is -3.93. The summed E-state index contributed by atoms with van der Waals surface area (Å²) < 4.78 is 48.0. The highest BCUT2D eigenvalue weighted by Crippen LogP contribution is 2.12. The Morgan fingerprint density at radius 1 is 1.53 bits per heavy atom. The molecule has 0 saturated heterocycles. The molecule has 0 atom stereocenters. The Labute approximate surface area is 90.3 Å². The van der Waals surface area contributed by atoms with E-state index in [1.54, 1.807) is 4.72 Å². The molecule has 8 heteroatoms.